The minimum atomic E-state index is -5.08. The molecule has 2 atom stereocenters. The normalized spacial score (nSPS) is 13.4. The first-order chi connectivity index (χ1) is 18.3. The number of halogens is 2. The number of ether oxygens (including phenoxy) is 1. The van der Waals surface area contributed by atoms with E-state index in [-0.39, 0.29) is 56.2 Å². The fraction of sp³-hybridized carbons (Fsp3) is 0.583. The minimum absolute atomic E-state index is 0. The van der Waals surface area contributed by atoms with Gasteiger partial charge in [-0.3, -0.25) is 13.9 Å². The zero-order valence-electron chi connectivity index (χ0n) is 23.4. The molecular formula is C24H36F2N6NaO5P. The second kappa shape index (κ2) is 17.3. The Hall–Kier alpha value is -1.57. The quantitative estimate of drug-likeness (QED) is 0.131. The molecule has 2 aromatic heterocycles. The Morgan fingerprint density at radius 1 is 0.974 bits per heavy atom. The second-order valence-electron chi connectivity index (χ2n) is 9.13. The molecule has 39 heavy (non-hydrogen) atoms. The van der Waals surface area contributed by atoms with E-state index in [0.29, 0.717) is 12.5 Å². The van der Waals surface area contributed by atoms with Crippen LogP contribution in [0.2, 0.25) is 0 Å². The van der Waals surface area contributed by atoms with Crippen LogP contribution >= 0.6 is 7.82 Å². The monoisotopic (exact) mass is 580 g/mol. The van der Waals surface area contributed by atoms with Gasteiger partial charge in [-0.25, -0.2) is 23.3 Å². The number of hydrogen-bond acceptors (Lipinski definition) is 7. The summed E-state index contributed by atoms with van der Waals surface area (Å²) in [7, 11) is -5.08. The fourth-order valence-corrected chi connectivity index (χ4v) is 4.91. The molecule has 11 nitrogen and oxygen atoms in total. The number of phosphoric ester groups is 1. The molecule has 0 radical (unpaired) electrons. The van der Waals surface area contributed by atoms with E-state index >= 15 is 4.39 Å². The first-order valence-corrected chi connectivity index (χ1v) is 14.2. The molecule has 212 valence electrons. The summed E-state index contributed by atoms with van der Waals surface area (Å²) in [5, 5.41) is 8.18. The molecular weight excluding hydrogens is 544 g/mol. The molecule has 3 rings (SSSR count). The van der Waals surface area contributed by atoms with Crippen LogP contribution in [0, 0.1) is 17.6 Å². The minimum Gasteiger partial charge on any atom is -1.00 e. The van der Waals surface area contributed by atoms with Crippen molar-refractivity contribution in [1.82, 2.24) is 29.5 Å². The van der Waals surface area contributed by atoms with Crippen molar-refractivity contribution in [2.75, 3.05) is 6.61 Å². The van der Waals surface area contributed by atoms with Gasteiger partial charge in [0.2, 0.25) is 0 Å². The zero-order chi connectivity index (χ0) is 27.4. The van der Waals surface area contributed by atoms with Gasteiger partial charge < -0.3 is 16.0 Å². The summed E-state index contributed by atoms with van der Waals surface area (Å²) >= 11 is 0. The maximum atomic E-state index is 15.0. The molecule has 0 saturated carbocycles. The average molecular weight is 581 g/mol. The van der Waals surface area contributed by atoms with Gasteiger partial charge in [-0.1, -0.05) is 51.5 Å². The molecule has 2 N–H and O–H groups in total. The van der Waals surface area contributed by atoms with Crippen molar-refractivity contribution in [1.29, 1.82) is 0 Å². The molecule has 0 aliphatic carbocycles. The molecule has 15 heteroatoms. The van der Waals surface area contributed by atoms with Crippen LogP contribution in [0.3, 0.4) is 0 Å². The third kappa shape index (κ3) is 11.8. The van der Waals surface area contributed by atoms with Gasteiger partial charge in [-0.15, -0.1) is 0 Å². The predicted octanol–water partition coefficient (Wildman–Crippen LogP) is 1.57. The van der Waals surface area contributed by atoms with Crippen LogP contribution in [0.1, 0.15) is 65.0 Å². The van der Waals surface area contributed by atoms with Gasteiger partial charge in [0.25, 0.3) is 0 Å². The molecule has 1 aromatic carbocycles. The van der Waals surface area contributed by atoms with E-state index in [2.05, 4.69) is 27.1 Å². The molecule has 2 heterocycles. The molecule has 2 unspecified atom stereocenters. The van der Waals surface area contributed by atoms with Crippen molar-refractivity contribution in [3.8, 4) is 0 Å². The second-order valence-corrected chi connectivity index (χ2v) is 10.3. The summed E-state index contributed by atoms with van der Waals surface area (Å²) in [6, 6.07) is 2.98. The number of aromatic nitrogens is 6. The number of benzene rings is 1. The first-order valence-electron chi connectivity index (χ1n) is 12.7. The number of rotatable bonds is 18. The van der Waals surface area contributed by atoms with Crippen LogP contribution < -0.4 is 29.6 Å². The maximum Gasteiger partial charge on any atom is 1.00 e. The van der Waals surface area contributed by atoms with Crippen molar-refractivity contribution in [3.05, 3.63) is 60.7 Å². The molecule has 0 aliphatic heterocycles. The van der Waals surface area contributed by atoms with Crippen molar-refractivity contribution in [2.45, 2.75) is 77.2 Å². The summed E-state index contributed by atoms with van der Waals surface area (Å²) < 4.78 is 55.2. The van der Waals surface area contributed by atoms with Crippen LogP contribution in [-0.2, 0) is 26.9 Å². The van der Waals surface area contributed by atoms with Gasteiger partial charge in [0.15, 0.2) is 0 Å². The van der Waals surface area contributed by atoms with Crippen LogP contribution in [0.5, 0.6) is 0 Å². The standard InChI is InChI=1S/C24H35F2N6O5P.Na.H/c1-2-3-4-5-6-7-8-11-36-24(21-10-9-20(25)12-22(21)26)23(37-38(33,34)35)19(13-31-17-27-15-29-31)14-32-18-28-16-30-32;;/h9-10,12,15-19,23-24H,2-8,11,13-14H2,1H3,(H2,33,34,35);;/q;+1;-1. The Labute approximate surface area is 250 Å². The Morgan fingerprint density at radius 2 is 1.56 bits per heavy atom. The molecule has 3 aromatic rings. The maximum absolute atomic E-state index is 15.0. The molecule has 0 bridgehead atoms. The molecule has 0 aliphatic rings. The van der Waals surface area contributed by atoms with Gasteiger partial charge in [-0.2, -0.15) is 10.2 Å². The van der Waals surface area contributed by atoms with E-state index in [1.54, 1.807) is 0 Å². The van der Waals surface area contributed by atoms with Gasteiger partial charge in [0.05, 0.1) is 0 Å². The summed E-state index contributed by atoms with van der Waals surface area (Å²) in [4.78, 5) is 27.5. The fourth-order valence-electron chi connectivity index (χ4n) is 4.31. The Kier molecular flexibility index (Phi) is 14.9. The van der Waals surface area contributed by atoms with Crippen LogP contribution in [0.15, 0.2) is 43.5 Å². The largest absolute Gasteiger partial charge is 1.00 e. The van der Waals surface area contributed by atoms with E-state index in [9.17, 15) is 18.7 Å². The van der Waals surface area contributed by atoms with Crippen LogP contribution in [0.25, 0.3) is 0 Å². The van der Waals surface area contributed by atoms with Crippen molar-refractivity contribution in [3.63, 3.8) is 0 Å². The first kappa shape index (κ1) is 33.6. The number of phosphoric acid groups is 1. The third-order valence-electron chi connectivity index (χ3n) is 6.11. The van der Waals surface area contributed by atoms with Crippen LogP contribution in [-0.4, -0.2) is 52.0 Å². The summed E-state index contributed by atoms with van der Waals surface area (Å²) in [5.74, 6) is -2.44. The van der Waals surface area contributed by atoms with Gasteiger partial charge in [-0.05, 0) is 12.5 Å². The zero-order valence-corrected chi connectivity index (χ0v) is 25.2. The van der Waals surface area contributed by atoms with Crippen molar-refractivity contribution >= 4 is 7.82 Å². The van der Waals surface area contributed by atoms with Gasteiger partial charge in [0.1, 0.15) is 49.2 Å². The molecule has 0 spiro atoms. The third-order valence-corrected chi connectivity index (χ3v) is 6.63. The van der Waals surface area contributed by atoms with E-state index in [1.807, 2.05) is 0 Å². The molecule has 0 fully saturated rings. The Bertz CT molecular complexity index is 1090. The van der Waals surface area contributed by atoms with E-state index < -0.39 is 37.6 Å². The smallest absolute Gasteiger partial charge is 1.00 e. The summed E-state index contributed by atoms with van der Waals surface area (Å²) in [6.07, 6.45) is 10.0. The Balaban J connectivity index is 0.00000400. The molecule has 0 amide bonds. The average Bonchev–Trinajstić information content (AvgIpc) is 3.56. The SMILES string of the molecule is CCCCCCCCCOC(c1ccc(F)cc1F)C(OP(=O)(O)O)C(Cn1cncn1)Cn1cncn1.[H-].[Na+]. The molecule has 0 saturated heterocycles. The van der Waals surface area contributed by atoms with Gasteiger partial charge >= 0.3 is 37.4 Å². The number of unbranched alkanes of at least 4 members (excludes halogenated alkanes) is 6. The summed E-state index contributed by atoms with van der Waals surface area (Å²) in [6.45, 7) is 2.52. The summed E-state index contributed by atoms with van der Waals surface area (Å²) in [5.41, 5.74) is -0.0741. The van der Waals surface area contributed by atoms with E-state index in [0.717, 1.165) is 38.2 Å². The topological polar surface area (TPSA) is 137 Å². The predicted molar refractivity (Wildman–Crippen MR) is 135 cm³/mol. The van der Waals surface area contributed by atoms with E-state index in [1.165, 1.54) is 47.2 Å². The van der Waals surface area contributed by atoms with Crippen molar-refractivity contribution in [2.24, 2.45) is 5.92 Å². The van der Waals surface area contributed by atoms with Gasteiger partial charge in [0, 0.05) is 37.2 Å². The number of nitrogens with zero attached hydrogens (tertiary/aromatic N) is 6. The Morgan fingerprint density at radius 3 is 2.08 bits per heavy atom. The number of hydrogen-bond donors (Lipinski definition) is 2. The van der Waals surface area contributed by atoms with E-state index in [4.69, 9.17) is 9.26 Å². The van der Waals surface area contributed by atoms with Crippen LogP contribution in [0.4, 0.5) is 8.78 Å². The van der Waals surface area contributed by atoms with Crippen molar-refractivity contribution < 1.29 is 63.4 Å².